The molecule has 1 fully saturated rings. The molecule has 1 aromatic carbocycles. The minimum atomic E-state index is -0.457. The minimum absolute atomic E-state index is 0.211. The fourth-order valence-electron chi connectivity index (χ4n) is 5.16. The van der Waals surface area contributed by atoms with Gasteiger partial charge in [-0.15, -0.1) is 0 Å². The summed E-state index contributed by atoms with van der Waals surface area (Å²) < 4.78 is 7.36. The summed E-state index contributed by atoms with van der Waals surface area (Å²) in [6.45, 7) is 16.0. The maximum atomic E-state index is 12.3. The molecule has 0 radical (unpaired) electrons. The summed E-state index contributed by atoms with van der Waals surface area (Å²) >= 11 is 0. The highest BCUT2D eigenvalue weighted by Crippen LogP contribution is 2.38. The zero-order valence-corrected chi connectivity index (χ0v) is 21.8. The fourth-order valence-corrected chi connectivity index (χ4v) is 5.16. The van der Waals surface area contributed by atoms with E-state index in [4.69, 9.17) is 4.74 Å². The molecule has 35 heavy (non-hydrogen) atoms. The van der Waals surface area contributed by atoms with E-state index in [1.807, 2.05) is 25.3 Å². The highest BCUT2D eigenvalue weighted by molar-refractivity contribution is 5.92. The number of pyridine rings is 1. The third-order valence-corrected chi connectivity index (χ3v) is 7.01. The first-order chi connectivity index (χ1) is 16.5. The van der Waals surface area contributed by atoms with Crippen LogP contribution < -0.4 is 0 Å². The quantitative estimate of drug-likeness (QED) is 0.393. The molecule has 184 valence electrons. The second-order valence-electron chi connectivity index (χ2n) is 11.2. The number of likely N-dealkylation sites (tertiary alicyclic amines) is 1. The van der Waals surface area contributed by atoms with E-state index in [1.54, 1.807) is 11.2 Å². The van der Waals surface area contributed by atoms with E-state index in [-0.39, 0.29) is 6.09 Å². The van der Waals surface area contributed by atoms with Gasteiger partial charge in [0.2, 0.25) is 0 Å². The first kappa shape index (κ1) is 23.4. The molecule has 5 rings (SSSR count). The van der Waals surface area contributed by atoms with Crippen LogP contribution in [-0.2, 0) is 11.2 Å². The van der Waals surface area contributed by atoms with Crippen molar-refractivity contribution in [1.29, 1.82) is 0 Å². The molecule has 0 bridgehead atoms. The van der Waals surface area contributed by atoms with Crippen LogP contribution in [0.1, 0.15) is 62.8 Å². The van der Waals surface area contributed by atoms with Gasteiger partial charge >= 0.3 is 6.09 Å². The summed E-state index contributed by atoms with van der Waals surface area (Å²) in [7, 11) is 0. The Bertz CT molecular complexity index is 1420. The summed E-state index contributed by atoms with van der Waals surface area (Å²) in [5, 5.41) is 5.66. The molecular formula is C28H35N5O2. The zero-order valence-electron chi connectivity index (χ0n) is 21.8. The molecule has 7 nitrogen and oxygen atoms in total. The maximum absolute atomic E-state index is 12.3. The lowest BCUT2D eigenvalue weighted by Crippen LogP contribution is -2.52. The van der Waals surface area contributed by atoms with E-state index >= 15 is 0 Å². The number of fused-ring (bicyclic) bond motifs is 2. The number of H-pyrrole nitrogens is 1. The van der Waals surface area contributed by atoms with Gasteiger partial charge in [-0.25, -0.2) is 14.3 Å². The summed E-state index contributed by atoms with van der Waals surface area (Å²) in [4.78, 5) is 22.2. The number of aromatic amines is 1. The summed E-state index contributed by atoms with van der Waals surface area (Å²) in [5.41, 5.74) is 8.90. The van der Waals surface area contributed by atoms with Crippen LogP contribution in [0.15, 0.2) is 30.7 Å². The number of aryl methyl sites for hydroxylation is 1. The molecule has 4 aromatic rings. The third kappa shape index (κ3) is 4.28. The Morgan fingerprint density at radius 2 is 1.94 bits per heavy atom. The topological polar surface area (TPSA) is 75.5 Å². The molecule has 0 aliphatic carbocycles. The van der Waals surface area contributed by atoms with Gasteiger partial charge in [-0.05, 0) is 87.3 Å². The van der Waals surface area contributed by atoms with Crippen molar-refractivity contribution >= 4 is 22.6 Å². The van der Waals surface area contributed by atoms with Crippen LogP contribution in [-0.4, -0.2) is 49.3 Å². The van der Waals surface area contributed by atoms with E-state index < -0.39 is 5.60 Å². The zero-order chi connectivity index (χ0) is 25.1. The molecule has 1 aliphatic rings. The number of nitrogens with one attached hydrogen (secondary N) is 1. The molecule has 1 amide bonds. The SMILES string of the molecule is Cc1c(-c2[nH]c3ccc(CC4CN(C(=O)OC(C)(C)C)C4)cc3c2C(C)C)cn2ncnc2c1C. The second kappa shape index (κ2) is 8.40. The second-order valence-corrected chi connectivity index (χ2v) is 11.2. The van der Waals surface area contributed by atoms with Crippen molar-refractivity contribution in [2.45, 2.75) is 66.4 Å². The van der Waals surface area contributed by atoms with Crippen LogP contribution in [0.2, 0.25) is 0 Å². The standard InChI is InChI=1S/C28H35N5O2/c1-16(2)24-21-11-19(10-20-12-32(13-20)27(34)35-28(5,6)7)8-9-23(21)31-25(24)22-14-33-26(29-15-30-33)18(4)17(22)3/h8-9,11,14-16,20,31H,10,12-13H2,1-7H3. The van der Waals surface area contributed by atoms with Crippen LogP contribution >= 0.6 is 0 Å². The molecule has 7 heteroatoms. The van der Waals surface area contributed by atoms with Crippen LogP contribution in [0.4, 0.5) is 4.79 Å². The number of benzene rings is 1. The van der Waals surface area contributed by atoms with E-state index in [0.717, 1.165) is 47.5 Å². The Kier molecular flexibility index (Phi) is 5.61. The predicted molar refractivity (Wildman–Crippen MR) is 139 cm³/mol. The van der Waals surface area contributed by atoms with Crippen molar-refractivity contribution in [1.82, 2.24) is 24.5 Å². The van der Waals surface area contributed by atoms with Gasteiger partial charge in [0, 0.05) is 35.8 Å². The Labute approximate surface area is 206 Å². The number of carbonyl (C=O) groups excluding carboxylic acids is 1. The van der Waals surface area contributed by atoms with E-state index in [0.29, 0.717) is 11.8 Å². The van der Waals surface area contributed by atoms with Crippen molar-refractivity contribution in [3.63, 3.8) is 0 Å². The molecule has 1 N–H and O–H groups in total. The average molecular weight is 474 g/mol. The van der Waals surface area contributed by atoms with E-state index in [1.165, 1.54) is 22.1 Å². The van der Waals surface area contributed by atoms with Gasteiger partial charge in [0.1, 0.15) is 11.9 Å². The molecule has 0 spiro atoms. The van der Waals surface area contributed by atoms with Gasteiger partial charge in [-0.2, -0.15) is 5.10 Å². The Balaban J connectivity index is 1.43. The first-order valence-electron chi connectivity index (χ1n) is 12.4. The number of ether oxygens (including phenoxy) is 1. The molecule has 1 aliphatic heterocycles. The van der Waals surface area contributed by atoms with Gasteiger partial charge < -0.3 is 14.6 Å². The predicted octanol–water partition coefficient (Wildman–Crippen LogP) is 6.03. The monoisotopic (exact) mass is 473 g/mol. The molecule has 1 saturated heterocycles. The Hall–Kier alpha value is -3.35. The van der Waals surface area contributed by atoms with Gasteiger partial charge in [-0.3, -0.25) is 0 Å². The number of carbonyl (C=O) groups is 1. The largest absolute Gasteiger partial charge is 0.444 e. The van der Waals surface area contributed by atoms with Crippen molar-refractivity contribution < 1.29 is 9.53 Å². The molecule has 0 atom stereocenters. The number of aromatic nitrogens is 4. The lowest BCUT2D eigenvalue weighted by molar-refractivity contribution is -0.000877. The summed E-state index contributed by atoms with van der Waals surface area (Å²) in [6, 6.07) is 6.74. The lowest BCUT2D eigenvalue weighted by Gasteiger charge is -2.40. The van der Waals surface area contributed by atoms with E-state index in [2.05, 4.69) is 67.2 Å². The smallest absolute Gasteiger partial charge is 0.410 e. The van der Waals surface area contributed by atoms with Crippen LogP contribution in [0.25, 0.3) is 27.8 Å². The highest BCUT2D eigenvalue weighted by Gasteiger charge is 2.33. The van der Waals surface area contributed by atoms with Crippen LogP contribution in [0, 0.1) is 19.8 Å². The number of nitrogens with zero attached hydrogens (tertiary/aromatic N) is 4. The lowest BCUT2D eigenvalue weighted by atomic mass is 9.90. The normalized spacial score (nSPS) is 14.8. The molecule has 3 aromatic heterocycles. The van der Waals surface area contributed by atoms with Crippen LogP contribution in [0.5, 0.6) is 0 Å². The van der Waals surface area contributed by atoms with Crippen LogP contribution in [0.3, 0.4) is 0 Å². The summed E-state index contributed by atoms with van der Waals surface area (Å²) in [6.07, 6.45) is 4.44. The molecule has 0 unspecified atom stereocenters. The number of hydrogen-bond acceptors (Lipinski definition) is 4. The summed E-state index contributed by atoms with van der Waals surface area (Å²) in [5.74, 6) is 0.812. The number of rotatable bonds is 4. The number of hydrogen-bond donors (Lipinski definition) is 1. The Morgan fingerprint density at radius 1 is 1.20 bits per heavy atom. The fraction of sp³-hybridized carbons (Fsp3) is 0.464. The van der Waals surface area contributed by atoms with Gasteiger partial charge in [0.15, 0.2) is 5.65 Å². The van der Waals surface area contributed by atoms with Crippen molar-refractivity contribution in [3.8, 4) is 11.3 Å². The van der Waals surface area contributed by atoms with E-state index in [9.17, 15) is 4.79 Å². The Morgan fingerprint density at radius 3 is 2.63 bits per heavy atom. The van der Waals surface area contributed by atoms with Crippen molar-refractivity contribution in [2.24, 2.45) is 5.92 Å². The number of amides is 1. The molecule has 4 heterocycles. The highest BCUT2D eigenvalue weighted by atomic mass is 16.6. The average Bonchev–Trinajstić information content (AvgIpc) is 3.35. The molecule has 0 saturated carbocycles. The first-order valence-corrected chi connectivity index (χ1v) is 12.4. The van der Waals surface area contributed by atoms with Crippen molar-refractivity contribution in [3.05, 3.63) is 53.0 Å². The minimum Gasteiger partial charge on any atom is -0.444 e. The van der Waals surface area contributed by atoms with Crippen molar-refractivity contribution in [2.75, 3.05) is 13.1 Å². The maximum Gasteiger partial charge on any atom is 0.410 e. The van der Waals surface area contributed by atoms with Gasteiger partial charge in [0.25, 0.3) is 0 Å². The molecular weight excluding hydrogens is 438 g/mol. The third-order valence-electron chi connectivity index (χ3n) is 7.01. The van der Waals surface area contributed by atoms with Gasteiger partial charge in [-0.1, -0.05) is 19.9 Å². The van der Waals surface area contributed by atoms with Gasteiger partial charge in [0.05, 0.1) is 5.69 Å².